The van der Waals surface area contributed by atoms with Crippen LogP contribution in [0.15, 0.2) is 67.1 Å². The number of carbonyl (C=O) groups is 4. The number of aromatic amines is 1. The summed E-state index contributed by atoms with van der Waals surface area (Å²) < 4.78 is 5.36. The van der Waals surface area contributed by atoms with E-state index in [1.807, 2.05) is 45.9 Å². The fraction of sp³-hybridized carbons (Fsp3) is 0.486. The molecule has 3 rings (SSSR count). The van der Waals surface area contributed by atoms with Crippen LogP contribution in [0, 0.1) is 11.8 Å². The average molecular weight is 709 g/mol. The molecule has 0 aliphatic carbocycles. The van der Waals surface area contributed by atoms with Crippen LogP contribution >= 0.6 is 0 Å². The zero-order valence-electron chi connectivity index (χ0n) is 29.7. The van der Waals surface area contributed by atoms with E-state index in [9.17, 15) is 34.5 Å². The van der Waals surface area contributed by atoms with E-state index in [0.29, 0.717) is 17.7 Å². The lowest BCUT2D eigenvalue weighted by Gasteiger charge is -2.29. The molecule has 14 heteroatoms. The van der Waals surface area contributed by atoms with Crippen molar-refractivity contribution in [3.63, 3.8) is 0 Å². The van der Waals surface area contributed by atoms with Crippen molar-refractivity contribution in [1.29, 1.82) is 0 Å². The number of aromatic hydroxyl groups is 1. The van der Waals surface area contributed by atoms with Crippen LogP contribution in [-0.4, -0.2) is 86.0 Å². The van der Waals surface area contributed by atoms with Crippen LogP contribution in [0.1, 0.15) is 63.8 Å². The molecule has 1 heterocycles. The second kappa shape index (κ2) is 20.7. The Labute approximate surface area is 298 Å². The number of aliphatic hydroxyl groups is 2. The molecule has 0 fully saturated rings. The number of nitrogens with one attached hydrogen (secondary N) is 5. The molecule has 51 heavy (non-hydrogen) atoms. The number of phenols is 1. The Hall–Kier alpha value is -4.95. The number of aromatic nitrogens is 2. The number of amides is 4. The van der Waals surface area contributed by atoms with E-state index in [2.05, 4.69) is 31.2 Å². The molecule has 14 nitrogen and oxygen atoms in total. The van der Waals surface area contributed by atoms with Gasteiger partial charge in [-0.05, 0) is 41.5 Å². The number of aliphatic hydroxyl groups excluding tert-OH is 2. The summed E-state index contributed by atoms with van der Waals surface area (Å²) in [7, 11) is 0. The number of carbonyl (C=O) groups excluding carboxylic acids is 4. The Bertz CT molecular complexity index is 1500. The molecule has 0 radical (unpaired) electrons. The summed E-state index contributed by atoms with van der Waals surface area (Å²) in [6.07, 6.45) is 1.61. The standard InChI is InChI=1S/C37H52N6O8/c1-5-24(4)32(20-44)40-34(47)18-33(46)29(15-23(2)3)41-36(49)31(17-27-19-38-22-39-27)42-35(48)30(16-25-11-13-28(45)14-12-25)43-37(50)51-21-26-9-7-6-8-10-26/h6-14,19,22-24,29-33,44-46H,5,15-18,20-21H2,1-4H3,(H,38,39)(H,40,47)(H,41,49)(H,42,48)(H,43,50)/t24?,29?,30-,31-,32+,33?/m0/s1. The number of imidazole rings is 1. The molecule has 0 aliphatic heterocycles. The fourth-order valence-electron chi connectivity index (χ4n) is 5.44. The van der Waals surface area contributed by atoms with E-state index in [1.165, 1.54) is 24.7 Å². The van der Waals surface area contributed by atoms with Gasteiger partial charge in [0.1, 0.15) is 24.4 Å². The molecule has 3 unspecified atom stereocenters. The third-order valence-corrected chi connectivity index (χ3v) is 8.60. The number of ether oxygens (including phenoxy) is 1. The smallest absolute Gasteiger partial charge is 0.408 e. The second-order valence-electron chi connectivity index (χ2n) is 13.2. The van der Waals surface area contributed by atoms with Gasteiger partial charge in [-0.15, -0.1) is 0 Å². The Morgan fingerprint density at radius 3 is 2.12 bits per heavy atom. The predicted octanol–water partition coefficient (Wildman–Crippen LogP) is 2.49. The number of alkyl carbamates (subject to hydrolysis) is 1. The quantitative estimate of drug-likeness (QED) is 0.0864. The Morgan fingerprint density at radius 1 is 0.843 bits per heavy atom. The van der Waals surface area contributed by atoms with Gasteiger partial charge >= 0.3 is 6.09 Å². The number of nitrogens with zero attached hydrogens (tertiary/aromatic N) is 1. The molecule has 0 spiro atoms. The van der Waals surface area contributed by atoms with E-state index < -0.39 is 54.1 Å². The molecular formula is C37H52N6O8. The molecule has 8 N–H and O–H groups in total. The molecule has 0 aliphatic rings. The fourth-order valence-corrected chi connectivity index (χ4v) is 5.44. The third kappa shape index (κ3) is 14.1. The van der Waals surface area contributed by atoms with Crippen molar-refractivity contribution in [3.05, 3.63) is 83.9 Å². The van der Waals surface area contributed by atoms with Gasteiger partial charge < -0.3 is 46.3 Å². The SMILES string of the molecule is CCC(C)[C@@H](CO)NC(=O)CC(O)C(CC(C)C)NC(=O)[C@H](Cc1cnc[nH]1)NC(=O)[C@H](Cc1ccc(O)cc1)NC(=O)OCc1ccccc1. The molecule has 6 atom stereocenters. The van der Waals surface area contributed by atoms with Crippen molar-refractivity contribution in [2.75, 3.05) is 6.61 Å². The zero-order valence-corrected chi connectivity index (χ0v) is 29.7. The van der Waals surface area contributed by atoms with Gasteiger partial charge in [0.25, 0.3) is 0 Å². The lowest BCUT2D eigenvalue weighted by atomic mass is 9.95. The molecule has 278 valence electrons. The number of H-pyrrole nitrogens is 1. The minimum Gasteiger partial charge on any atom is -0.508 e. The van der Waals surface area contributed by atoms with Crippen LogP contribution in [-0.2, 0) is 38.6 Å². The number of benzene rings is 2. The van der Waals surface area contributed by atoms with Crippen LogP contribution in [0.25, 0.3) is 0 Å². The molecule has 3 aromatic rings. The summed E-state index contributed by atoms with van der Waals surface area (Å²) in [4.78, 5) is 60.4. The van der Waals surface area contributed by atoms with Crippen molar-refractivity contribution in [3.8, 4) is 5.75 Å². The molecule has 0 saturated carbocycles. The number of hydrogen-bond donors (Lipinski definition) is 8. The highest BCUT2D eigenvalue weighted by molar-refractivity contribution is 5.91. The minimum absolute atomic E-state index is 0.0000222. The van der Waals surface area contributed by atoms with Crippen LogP contribution in [0.2, 0.25) is 0 Å². The maximum atomic E-state index is 13.9. The normalized spacial score (nSPS) is 14.7. The maximum Gasteiger partial charge on any atom is 0.408 e. The molecule has 4 amide bonds. The van der Waals surface area contributed by atoms with Crippen molar-refractivity contribution < 1.29 is 39.2 Å². The van der Waals surface area contributed by atoms with E-state index in [0.717, 1.165) is 12.0 Å². The lowest BCUT2D eigenvalue weighted by molar-refractivity contribution is -0.131. The molecule has 1 aromatic heterocycles. The van der Waals surface area contributed by atoms with Gasteiger partial charge in [0.15, 0.2) is 0 Å². The Kier molecular flexibility index (Phi) is 16.4. The third-order valence-electron chi connectivity index (χ3n) is 8.60. The van der Waals surface area contributed by atoms with Gasteiger partial charge in [-0.2, -0.15) is 0 Å². The lowest BCUT2D eigenvalue weighted by Crippen LogP contribution is -2.57. The van der Waals surface area contributed by atoms with Crippen LogP contribution in [0.5, 0.6) is 5.75 Å². The molecule has 0 bridgehead atoms. The van der Waals surface area contributed by atoms with Crippen LogP contribution < -0.4 is 21.3 Å². The Morgan fingerprint density at radius 2 is 1.51 bits per heavy atom. The second-order valence-corrected chi connectivity index (χ2v) is 13.2. The Balaban J connectivity index is 1.79. The van der Waals surface area contributed by atoms with Crippen molar-refractivity contribution >= 4 is 23.8 Å². The van der Waals surface area contributed by atoms with E-state index in [1.54, 1.807) is 24.3 Å². The van der Waals surface area contributed by atoms with Gasteiger partial charge in [0.05, 0.1) is 37.5 Å². The first-order chi connectivity index (χ1) is 24.4. The van der Waals surface area contributed by atoms with Gasteiger partial charge in [0.2, 0.25) is 17.7 Å². The first-order valence-electron chi connectivity index (χ1n) is 17.3. The zero-order chi connectivity index (χ0) is 37.3. The van der Waals surface area contributed by atoms with Gasteiger partial charge in [-0.3, -0.25) is 14.4 Å². The molecule has 0 saturated heterocycles. The highest BCUT2D eigenvalue weighted by atomic mass is 16.5. The largest absolute Gasteiger partial charge is 0.508 e. The average Bonchev–Trinajstić information content (AvgIpc) is 3.62. The molecule has 2 aromatic carbocycles. The summed E-state index contributed by atoms with van der Waals surface area (Å²) in [6.45, 7) is 7.41. The minimum atomic E-state index is -1.26. The topological polar surface area (TPSA) is 215 Å². The van der Waals surface area contributed by atoms with E-state index >= 15 is 0 Å². The highest BCUT2D eigenvalue weighted by Crippen LogP contribution is 2.15. The summed E-state index contributed by atoms with van der Waals surface area (Å²) >= 11 is 0. The first-order valence-corrected chi connectivity index (χ1v) is 17.3. The van der Waals surface area contributed by atoms with Crippen LogP contribution in [0.4, 0.5) is 4.79 Å². The van der Waals surface area contributed by atoms with E-state index in [4.69, 9.17) is 4.74 Å². The van der Waals surface area contributed by atoms with Crippen LogP contribution in [0.3, 0.4) is 0 Å². The summed E-state index contributed by atoms with van der Waals surface area (Å²) in [5, 5.41) is 41.6. The van der Waals surface area contributed by atoms with E-state index in [-0.39, 0.29) is 50.1 Å². The van der Waals surface area contributed by atoms with Crippen molar-refractivity contribution in [2.45, 2.75) is 96.7 Å². The first kappa shape index (κ1) is 40.5. The summed E-state index contributed by atoms with van der Waals surface area (Å²) in [5.41, 5.74) is 1.92. The summed E-state index contributed by atoms with van der Waals surface area (Å²) in [6, 6.07) is 11.5. The van der Waals surface area contributed by atoms with Crippen molar-refractivity contribution in [1.82, 2.24) is 31.2 Å². The number of rotatable bonds is 20. The van der Waals surface area contributed by atoms with Gasteiger partial charge in [-0.1, -0.05) is 76.6 Å². The maximum absolute atomic E-state index is 13.9. The monoisotopic (exact) mass is 708 g/mol. The van der Waals surface area contributed by atoms with Crippen molar-refractivity contribution in [2.24, 2.45) is 11.8 Å². The molecular weight excluding hydrogens is 656 g/mol. The summed E-state index contributed by atoms with van der Waals surface area (Å²) in [5.74, 6) is -1.68. The number of hydrogen-bond acceptors (Lipinski definition) is 9. The van der Waals surface area contributed by atoms with Gasteiger partial charge in [-0.25, -0.2) is 9.78 Å². The van der Waals surface area contributed by atoms with Gasteiger partial charge in [0, 0.05) is 24.7 Å². The predicted molar refractivity (Wildman–Crippen MR) is 190 cm³/mol. The number of phenolic OH excluding ortho intramolecular Hbond substituents is 1. The highest BCUT2D eigenvalue weighted by Gasteiger charge is 2.32.